The van der Waals surface area contributed by atoms with Gasteiger partial charge in [0, 0.05) is 11.1 Å². The molecule has 0 amide bonds. The first-order chi connectivity index (χ1) is 11.8. The second-order valence-corrected chi connectivity index (χ2v) is 5.22. The van der Waals surface area contributed by atoms with Crippen LogP contribution in [0.25, 0.3) is 12.2 Å². The summed E-state index contributed by atoms with van der Waals surface area (Å²) in [5.74, 6) is 1.72. The third kappa shape index (κ3) is 3.45. The number of nitrogens with zero attached hydrogens (tertiary/aromatic N) is 2. The summed E-state index contributed by atoms with van der Waals surface area (Å²) in [6.07, 6.45) is 3.72. The van der Waals surface area contributed by atoms with E-state index >= 15 is 0 Å². The fraction of sp³-hybridized carbons (Fsp3) is 0.100. The molecule has 4 nitrogen and oxygen atoms in total. The summed E-state index contributed by atoms with van der Waals surface area (Å²) in [4.78, 5) is 0. The van der Waals surface area contributed by atoms with Gasteiger partial charge in [-0.15, -0.1) is 0 Å². The van der Waals surface area contributed by atoms with Crippen LogP contribution in [0.5, 0.6) is 11.5 Å². The zero-order valence-corrected chi connectivity index (χ0v) is 12.9. The molecule has 2 aliphatic heterocycles. The van der Waals surface area contributed by atoms with Gasteiger partial charge in [-0.05, 0) is 24.3 Å². The van der Waals surface area contributed by atoms with E-state index in [1.807, 2.05) is 60.7 Å². The van der Waals surface area contributed by atoms with Gasteiger partial charge >= 0.3 is 0 Å². The quantitative estimate of drug-likeness (QED) is 0.738. The van der Waals surface area contributed by atoms with Crippen LogP contribution in [0.4, 0.5) is 0 Å². The number of hydrogen-bond donors (Lipinski definition) is 0. The Balaban J connectivity index is 0.000000141. The zero-order valence-electron chi connectivity index (χ0n) is 12.9. The van der Waals surface area contributed by atoms with Crippen molar-refractivity contribution < 1.29 is 9.47 Å². The topological polar surface area (TPSA) is 66.0 Å². The molecule has 0 unspecified atom stereocenters. The molecular formula is C20H14N2O2. The Morgan fingerprint density at radius 2 is 1.08 bits per heavy atom. The highest BCUT2D eigenvalue weighted by molar-refractivity contribution is 5.65. The number of rotatable bonds is 0. The second kappa shape index (κ2) is 7.17. The van der Waals surface area contributed by atoms with Crippen molar-refractivity contribution in [3.8, 4) is 23.6 Å². The van der Waals surface area contributed by atoms with Crippen molar-refractivity contribution in [1.29, 1.82) is 10.5 Å². The highest BCUT2D eigenvalue weighted by atomic mass is 16.5. The van der Waals surface area contributed by atoms with Crippen LogP contribution in [0.3, 0.4) is 0 Å². The Morgan fingerprint density at radius 1 is 0.667 bits per heavy atom. The standard InChI is InChI=1S/2C10H7NO/c2*11-6-8-5-9-3-1-2-4-10(9)12-7-8/h2*1-5H,7H2. The molecule has 0 fully saturated rings. The maximum Gasteiger partial charge on any atom is 0.127 e. The fourth-order valence-electron chi connectivity index (χ4n) is 2.36. The molecule has 0 spiro atoms. The minimum Gasteiger partial charge on any atom is -0.488 e. The van der Waals surface area contributed by atoms with Crippen molar-refractivity contribution in [3.05, 3.63) is 70.8 Å². The number of benzene rings is 2. The largest absolute Gasteiger partial charge is 0.488 e. The van der Waals surface area contributed by atoms with Crippen LogP contribution in [0.15, 0.2) is 59.7 Å². The minimum atomic E-state index is 0.396. The van der Waals surface area contributed by atoms with E-state index in [1.54, 1.807) is 0 Å². The van der Waals surface area contributed by atoms with Gasteiger partial charge in [-0.3, -0.25) is 0 Å². The van der Waals surface area contributed by atoms with Gasteiger partial charge in [0.15, 0.2) is 0 Å². The van der Waals surface area contributed by atoms with Crippen LogP contribution >= 0.6 is 0 Å². The second-order valence-electron chi connectivity index (χ2n) is 5.22. The van der Waals surface area contributed by atoms with E-state index in [1.165, 1.54) is 0 Å². The monoisotopic (exact) mass is 314 g/mol. The highest BCUT2D eigenvalue weighted by Crippen LogP contribution is 2.25. The molecular weight excluding hydrogens is 300 g/mol. The molecule has 0 radical (unpaired) electrons. The molecule has 0 aromatic heterocycles. The van der Waals surface area contributed by atoms with E-state index in [4.69, 9.17) is 20.0 Å². The third-order valence-electron chi connectivity index (χ3n) is 3.55. The average molecular weight is 314 g/mol. The molecule has 0 bridgehead atoms. The van der Waals surface area contributed by atoms with Crippen LogP contribution in [0.1, 0.15) is 11.1 Å². The summed E-state index contributed by atoms with van der Waals surface area (Å²) >= 11 is 0. The first-order valence-electron chi connectivity index (χ1n) is 7.45. The van der Waals surface area contributed by atoms with Crippen molar-refractivity contribution in [1.82, 2.24) is 0 Å². The molecule has 24 heavy (non-hydrogen) atoms. The number of para-hydroxylation sites is 2. The molecule has 2 heterocycles. The molecule has 2 aliphatic rings. The molecule has 116 valence electrons. The van der Waals surface area contributed by atoms with Gasteiger partial charge < -0.3 is 9.47 Å². The van der Waals surface area contributed by atoms with Crippen LogP contribution in [-0.2, 0) is 0 Å². The summed E-state index contributed by atoms with van der Waals surface area (Å²) in [7, 11) is 0. The van der Waals surface area contributed by atoms with Crippen LogP contribution in [-0.4, -0.2) is 13.2 Å². The lowest BCUT2D eigenvalue weighted by molar-refractivity contribution is 0.351. The van der Waals surface area contributed by atoms with Gasteiger partial charge in [-0.25, -0.2) is 0 Å². The predicted octanol–water partition coefficient (Wildman–Crippen LogP) is 3.97. The molecule has 2 aromatic carbocycles. The smallest absolute Gasteiger partial charge is 0.127 e. The maximum absolute atomic E-state index is 8.62. The Kier molecular flexibility index (Phi) is 4.60. The number of hydrogen-bond acceptors (Lipinski definition) is 4. The summed E-state index contributed by atoms with van der Waals surface area (Å²) < 4.78 is 10.7. The first kappa shape index (κ1) is 15.4. The molecule has 0 saturated heterocycles. The highest BCUT2D eigenvalue weighted by Gasteiger charge is 2.09. The molecule has 4 rings (SSSR count). The molecule has 0 atom stereocenters. The van der Waals surface area contributed by atoms with Gasteiger partial charge in [0.25, 0.3) is 0 Å². The lowest BCUT2D eigenvalue weighted by Gasteiger charge is -2.13. The van der Waals surface area contributed by atoms with Crippen molar-refractivity contribution in [2.75, 3.05) is 13.2 Å². The lowest BCUT2D eigenvalue weighted by Crippen LogP contribution is -2.05. The summed E-state index contributed by atoms with van der Waals surface area (Å²) in [6.45, 7) is 0.793. The Bertz CT molecular complexity index is 823. The first-order valence-corrected chi connectivity index (χ1v) is 7.45. The normalized spacial score (nSPS) is 13.8. The van der Waals surface area contributed by atoms with E-state index in [-0.39, 0.29) is 0 Å². The fourth-order valence-corrected chi connectivity index (χ4v) is 2.36. The number of ether oxygens (including phenoxy) is 2. The van der Waals surface area contributed by atoms with Gasteiger partial charge in [-0.1, -0.05) is 36.4 Å². The minimum absolute atomic E-state index is 0.396. The Labute approximate surface area is 140 Å². The Morgan fingerprint density at radius 3 is 1.50 bits per heavy atom. The Hall–Kier alpha value is -3.50. The molecule has 0 aliphatic carbocycles. The molecule has 0 saturated carbocycles. The van der Waals surface area contributed by atoms with Crippen LogP contribution in [0.2, 0.25) is 0 Å². The van der Waals surface area contributed by atoms with Crippen molar-refractivity contribution >= 4 is 12.2 Å². The lowest BCUT2D eigenvalue weighted by atomic mass is 10.1. The van der Waals surface area contributed by atoms with Gasteiger partial charge in [0.05, 0.1) is 23.3 Å². The molecule has 4 heteroatoms. The summed E-state index contributed by atoms with van der Waals surface area (Å²) in [5.41, 5.74) is 3.32. The molecule has 2 aromatic rings. The van der Waals surface area contributed by atoms with Crippen molar-refractivity contribution in [3.63, 3.8) is 0 Å². The number of fused-ring (bicyclic) bond motifs is 2. The van der Waals surface area contributed by atoms with Gasteiger partial charge in [-0.2, -0.15) is 10.5 Å². The maximum atomic E-state index is 8.62. The third-order valence-corrected chi connectivity index (χ3v) is 3.55. The van der Waals surface area contributed by atoms with E-state index in [0.29, 0.717) is 24.4 Å². The van der Waals surface area contributed by atoms with E-state index in [2.05, 4.69) is 12.1 Å². The van der Waals surface area contributed by atoms with Gasteiger partial charge in [0.2, 0.25) is 0 Å². The average Bonchev–Trinajstić information content (AvgIpc) is 2.67. The van der Waals surface area contributed by atoms with Gasteiger partial charge in [0.1, 0.15) is 24.7 Å². The summed E-state index contributed by atoms with van der Waals surface area (Å²) in [6, 6.07) is 19.5. The summed E-state index contributed by atoms with van der Waals surface area (Å²) in [5, 5.41) is 17.2. The molecule has 0 N–H and O–H groups in total. The van der Waals surface area contributed by atoms with Crippen LogP contribution in [0, 0.1) is 22.7 Å². The predicted molar refractivity (Wildman–Crippen MR) is 91.1 cm³/mol. The van der Waals surface area contributed by atoms with E-state index in [9.17, 15) is 0 Å². The van der Waals surface area contributed by atoms with Crippen LogP contribution < -0.4 is 9.47 Å². The zero-order chi connectivity index (χ0) is 16.8. The SMILES string of the molecule is N#CC1=Cc2ccccc2OC1.N#CC1=Cc2ccccc2OC1. The van der Waals surface area contributed by atoms with E-state index < -0.39 is 0 Å². The number of nitriles is 2. The van der Waals surface area contributed by atoms with Crippen molar-refractivity contribution in [2.24, 2.45) is 0 Å². The van der Waals surface area contributed by atoms with E-state index in [0.717, 1.165) is 22.6 Å². The van der Waals surface area contributed by atoms with Crippen molar-refractivity contribution in [2.45, 2.75) is 0 Å².